The van der Waals surface area contributed by atoms with Crippen LogP contribution in [-0.4, -0.2) is 22.1 Å². The molecule has 1 aromatic rings. The van der Waals surface area contributed by atoms with Gasteiger partial charge in [0.05, 0.1) is 5.56 Å². The number of ether oxygens (including phenoxy) is 1. The Morgan fingerprint density at radius 1 is 1.37 bits per heavy atom. The number of rotatable bonds is 3. The summed E-state index contributed by atoms with van der Waals surface area (Å²) in [5, 5.41) is 12.0. The first kappa shape index (κ1) is 13.6. The Morgan fingerprint density at radius 3 is 2.68 bits per heavy atom. The van der Waals surface area contributed by atoms with Gasteiger partial charge in [0.25, 0.3) is 0 Å². The Morgan fingerprint density at radius 2 is 2.05 bits per heavy atom. The average molecular weight is 263 g/mol. The van der Waals surface area contributed by atoms with Crippen molar-refractivity contribution in [1.82, 2.24) is 4.98 Å². The molecule has 2 rings (SSSR count). The van der Waals surface area contributed by atoms with E-state index in [2.05, 4.69) is 10.1 Å². The molecule has 0 atom stereocenters. The molecule has 0 spiro atoms. The molecule has 0 bridgehead atoms. The van der Waals surface area contributed by atoms with Crippen LogP contribution in [0.5, 0.6) is 5.88 Å². The third-order valence-electron chi connectivity index (χ3n) is 3.51. The van der Waals surface area contributed by atoms with Gasteiger partial charge in [-0.05, 0) is 51.2 Å². The first-order valence-electron chi connectivity index (χ1n) is 6.74. The van der Waals surface area contributed by atoms with Gasteiger partial charge in [0, 0.05) is 5.69 Å². The van der Waals surface area contributed by atoms with Gasteiger partial charge >= 0.3 is 0 Å². The summed E-state index contributed by atoms with van der Waals surface area (Å²) >= 11 is 0. The fourth-order valence-corrected chi connectivity index (χ4v) is 2.59. The molecule has 19 heavy (non-hydrogen) atoms. The Labute approximate surface area is 113 Å². The Hall–Kier alpha value is -1.78. The fraction of sp³-hybridized carbons (Fsp3) is 0.571. The number of aryl methyl sites for hydroxylation is 2. The van der Waals surface area contributed by atoms with Gasteiger partial charge in [0.1, 0.15) is 6.10 Å². The minimum absolute atomic E-state index is 0.0517. The van der Waals surface area contributed by atoms with Crippen molar-refractivity contribution in [2.45, 2.75) is 52.1 Å². The number of nitrogens with zero attached hydrogens (tertiary/aromatic N) is 2. The highest BCUT2D eigenvalue weighted by molar-refractivity contribution is 6.00. The summed E-state index contributed by atoms with van der Waals surface area (Å²) in [7, 11) is 0. The SMILES string of the molecule is Cc1cc(C)c(/C(N)=N/O)c(OC2CCCCC2)n1. The van der Waals surface area contributed by atoms with Crippen molar-refractivity contribution in [2.24, 2.45) is 10.9 Å². The Balaban J connectivity index is 2.31. The number of oxime groups is 1. The largest absolute Gasteiger partial charge is 0.474 e. The van der Waals surface area contributed by atoms with Crippen LogP contribution in [0, 0.1) is 13.8 Å². The van der Waals surface area contributed by atoms with Gasteiger partial charge in [-0.3, -0.25) is 0 Å². The van der Waals surface area contributed by atoms with E-state index >= 15 is 0 Å². The van der Waals surface area contributed by atoms with Crippen LogP contribution in [0.15, 0.2) is 11.2 Å². The molecule has 0 aliphatic heterocycles. The molecule has 3 N–H and O–H groups in total. The van der Waals surface area contributed by atoms with E-state index < -0.39 is 0 Å². The highest BCUT2D eigenvalue weighted by Gasteiger charge is 2.20. The van der Waals surface area contributed by atoms with Crippen molar-refractivity contribution in [3.63, 3.8) is 0 Å². The molecular weight excluding hydrogens is 242 g/mol. The number of amidine groups is 1. The van der Waals surface area contributed by atoms with Crippen LogP contribution in [0.25, 0.3) is 0 Å². The molecular formula is C14H21N3O2. The zero-order valence-corrected chi connectivity index (χ0v) is 11.5. The quantitative estimate of drug-likeness (QED) is 0.380. The van der Waals surface area contributed by atoms with E-state index in [-0.39, 0.29) is 11.9 Å². The molecule has 1 aromatic heterocycles. The van der Waals surface area contributed by atoms with Crippen molar-refractivity contribution < 1.29 is 9.94 Å². The molecule has 104 valence electrons. The topological polar surface area (TPSA) is 80.7 Å². The second-order valence-electron chi connectivity index (χ2n) is 5.12. The predicted octanol–water partition coefficient (Wildman–Crippen LogP) is 2.50. The molecule has 0 radical (unpaired) electrons. The van der Waals surface area contributed by atoms with Gasteiger partial charge in [-0.2, -0.15) is 0 Å². The summed E-state index contributed by atoms with van der Waals surface area (Å²) in [5.41, 5.74) is 8.11. The molecule has 1 aliphatic carbocycles. The van der Waals surface area contributed by atoms with E-state index in [9.17, 15) is 0 Å². The van der Waals surface area contributed by atoms with Crippen LogP contribution in [0.4, 0.5) is 0 Å². The van der Waals surface area contributed by atoms with E-state index in [1.165, 1.54) is 19.3 Å². The maximum atomic E-state index is 8.89. The van der Waals surface area contributed by atoms with Crippen molar-refractivity contribution in [2.75, 3.05) is 0 Å². The van der Waals surface area contributed by atoms with E-state index in [4.69, 9.17) is 15.7 Å². The lowest BCUT2D eigenvalue weighted by Crippen LogP contribution is -2.24. The Kier molecular flexibility index (Phi) is 4.24. The molecule has 0 saturated heterocycles. The fourth-order valence-electron chi connectivity index (χ4n) is 2.59. The minimum Gasteiger partial charge on any atom is -0.474 e. The normalized spacial score (nSPS) is 17.5. The Bertz CT molecular complexity index is 480. The van der Waals surface area contributed by atoms with Crippen molar-refractivity contribution in [3.05, 3.63) is 22.9 Å². The number of aromatic nitrogens is 1. The molecule has 1 heterocycles. The maximum absolute atomic E-state index is 8.89. The first-order chi connectivity index (χ1) is 9.11. The first-order valence-corrected chi connectivity index (χ1v) is 6.74. The van der Waals surface area contributed by atoms with Gasteiger partial charge in [0.2, 0.25) is 5.88 Å². The average Bonchev–Trinajstić information content (AvgIpc) is 2.38. The van der Waals surface area contributed by atoms with Crippen LogP contribution in [0.3, 0.4) is 0 Å². The van der Waals surface area contributed by atoms with Gasteiger partial charge in [0.15, 0.2) is 5.84 Å². The van der Waals surface area contributed by atoms with Crippen LogP contribution in [0.2, 0.25) is 0 Å². The summed E-state index contributed by atoms with van der Waals surface area (Å²) in [5.74, 6) is 0.538. The molecule has 1 saturated carbocycles. The summed E-state index contributed by atoms with van der Waals surface area (Å²) in [4.78, 5) is 4.40. The van der Waals surface area contributed by atoms with Gasteiger partial charge in [-0.15, -0.1) is 0 Å². The van der Waals surface area contributed by atoms with Crippen LogP contribution < -0.4 is 10.5 Å². The van der Waals surface area contributed by atoms with E-state index in [1.807, 2.05) is 19.9 Å². The number of hydrogen-bond donors (Lipinski definition) is 2. The minimum atomic E-state index is 0.0517. The van der Waals surface area contributed by atoms with E-state index in [1.54, 1.807) is 0 Å². The smallest absolute Gasteiger partial charge is 0.225 e. The summed E-state index contributed by atoms with van der Waals surface area (Å²) < 4.78 is 5.99. The zero-order valence-electron chi connectivity index (χ0n) is 11.5. The molecule has 0 unspecified atom stereocenters. The highest BCUT2D eigenvalue weighted by atomic mass is 16.5. The van der Waals surface area contributed by atoms with Gasteiger partial charge in [-0.25, -0.2) is 4.98 Å². The zero-order chi connectivity index (χ0) is 13.8. The summed E-state index contributed by atoms with van der Waals surface area (Å²) in [6.45, 7) is 3.83. The molecule has 5 heteroatoms. The standard InChI is InChI=1S/C14H21N3O2/c1-9-8-10(2)16-14(12(9)13(15)17-18)19-11-6-4-3-5-7-11/h8,11,18H,3-7H2,1-2H3,(H2,15,17). The molecule has 0 aromatic carbocycles. The summed E-state index contributed by atoms with van der Waals surface area (Å²) in [6, 6.07) is 1.90. The van der Waals surface area contributed by atoms with Crippen LogP contribution in [-0.2, 0) is 0 Å². The predicted molar refractivity (Wildman–Crippen MR) is 73.7 cm³/mol. The van der Waals surface area contributed by atoms with E-state index in [0.717, 1.165) is 24.1 Å². The second-order valence-corrected chi connectivity index (χ2v) is 5.12. The number of pyridine rings is 1. The molecule has 1 aliphatic rings. The lowest BCUT2D eigenvalue weighted by atomic mass is 9.98. The maximum Gasteiger partial charge on any atom is 0.225 e. The highest BCUT2D eigenvalue weighted by Crippen LogP contribution is 2.26. The molecule has 5 nitrogen and oxygen atoms in total. The lowest BCUT2D eigenvalue weighted by molar-refractivity contribution is 0.148. The number of hydrogen-bond acceptors (Lipinski definition) is 4. The summed E-state index contributed by atoms with van der Waals surface area (Å²) in [6.07, 6.45) is 5.93. The van der Waals surface area contributed by atoms with Gasteiger partial charge in [-0.1, -0.05) is 11.6 Å². The third-order valence-corrected chi connectivity index (χ3v) is 3.51. The van der Waals surface area contributed by atoms with Crippen molar-refractivity contribution in [1.29, 1.82) is 0 Å². The monoisotopic (exact) mass is 263 g/mol. The molecule has 1 fully saturated rings. The van der Waals surface area contributed by atoms with Gasteiger partial charge < -0.3 is 15.7 Å². The van der Waals surface area contributed by atoms with E-state index in [0.29, 0.717) is 11.4 Å². The lowest BCUT2D eigenvalue weighted by Gasteiger charge is -2.24. The van der Waals surface area contributed by atoms with Crippen LogP contribution >= 0.6 is 0 Å². The third kappa shape index (κ3) is 3.16. The van der Waals surface area contributed by atoms with Crippen molar-refractivity contribution >= 4 is 5.84 Å². The van der Waals surface area contributed by atoms with Crippen molar-refractivity contribution in [3.8, 4) is 5.88 Å². The number of nitrogens with two attached hydrogens (primary N) is 1. The molecule has 0 amide bonds. The van der Waals surface area contributed by atoms with Crippen LogP contribution in [0.1, 0.15) is 48.9 Å². The second kappa shape index (κ2) is 5.91.